The molecule has 3 aromatic heterocycles. The van der Waals surface area contributed by atoms with Crippen molar-refractivity contribution in [3.05, 3.63) is 108 Å². The van der Waals surface area contributed by atoms with Crippen LogP contribution in [0.3, 0.4) is 0 Å². The molecule has 0 aliphatic heterocycles. The van der Waals surface area contributed by atoms with Crippen molar-refractivity contribution >= 4 is 21.9 Å². The van der Waals surface area contributed by atoms with Gasteiger partial charge < -0.3 is 0 Å². The number of sulfonamides is 1. The van der Waals surface area contributed by atoms with E-state index >= 15 is 0 Å². The first-order chi connectivity index (χ1) is 18.8. The van der Waals surface area contributed by atoms with Crippen LogP contribution in [0, 0.1) is 11.2 Å². The summed E-state index contributed by atoms with van der Waals surface area (Å²) in [6.45, 7) is 0. The van der Waals surface area contributed by atoms with E-state index in [1.165, 1.54) is 34.9 Å². The fourth-order valence-electron chi connectivity index (χ4n) is 5.79. The monoisotopic (exact) mass is 543 g/mol. The van der Waals surface area contributed by atoms with Gasteiger partial charge in [0.1, 0.15) is 16.4 Å². The molecule has 2 atom stereocenters. The minimum Gasteiger partial charge on any atom is -0.291 e. The minimum absolute atomic E-state index is 0.116. The number of benzene rings is 1. The molecule has 8 nitrogen and oxygen atoms in total. The van der Waals surface area contributed by atoms with E-state index in [4.69, 9.17) is 0 Å². The lowest BCUT2D eigenvalue weighted by atomic mass is 9.60. The van der Waals surface area contributed by atoms with E-state index in [2.05, 4.69) is 15.1 Å². The third kappa shape index (κ3) is 4.29. The fraction of sp³-hybridized carbons (Fsp3) is 0.241. The van der Waals surface area contributed by atoms with Crippen LogP contribution in [-0.2, 0) is 16.4 Å². The van der Waals surface area contributed by atoms with Gasteiger partial charge in [-0.25, -0.2) is 17.5 Å². The molecule has 3 heterocycles. The first-order valence-corrected chi connectivity index (χ1v) is 14.1. The topological polar surface area (TPSA) is 98.0 Å². The number of ketones is 1. The van der Waals surface area contributed by atoms with E-state index in [-0.39, 0.29) is 16.5 Å². The van der Waals surface area contributed by atoms with Gasteiger partial charge in [0.25, 0.3) is 0 Å². The number of hydrogen-bond acceptors (Lipinski definition) is 6. The predicted octanol–water partition coefficient (Wildman–Crippen LogP) is 4.48. The number of halogens is 1. The molecule has 1 fully saturated rings. The van der Waals surface area contributed by atoms with Crippen molar-refractivity contribution in [2.24, 2.45) is 5.41 Å². The molecule has 4 aromatic rings. The Hall–Kier alpha value is -4.02. The number of rotatable bonds is 6. The molecule has 0 radical (unpaired) electrons. The van der Waals surface area contributed by atoms with Gasteiger partial charge in [0.15, 0.2) is 5.78 Å². The molecule has 2 aliphatic carbocycles. The summed E-state index contributed by atoms with van der Waals surface area (Å²) in [6, 6.07) is 14.0. The first-order valence-electron chi connectivity index (χ1n) is 12.7. The van der Waals surface area contributed by atoms with Crippen LogP contribution in [0.1, 0.15) is 41.0 Å². The molecule has 6 rings (SSSR count). The number of carbonyl (C=O) groups is 1. The highest BCUT2D eigenvalue weighted by Gasteiger charge is 2.51. The van der Waals surface area contributed by atoms with Gasteiger partial charge in [-0.1, -0.05) is 11.6 Å². The summed E-state index contributed by atoms with van der Waals surface area (Å²) in [5, 5.41) is 4.56. The fourth-order valence-corrected chi connectivity index (χ4v) is 7.14. The standard InChI is InChI=1S/C29H26FN5O3S/c1-34(39(37,38)25-5-4-13-31-19-25)24-10-7-21-15-27-20(18-33-35(27)23-11-8-22(30)9-12-23)16-29(21,17-24)28(36)26-6-2-3-14-32-26/h2-6,8-9,11-15,18-19,24H,7,10,16-17H2,1H3/t24-,29-/m0/s1. The molecule has 0 N–H and O–H groups in total. The van der Waals surface area contributed by atoms with Gasteiger partial charge in [0.2, 0.25) is 10.0 Å². The normalized spacial score (nSPS) is 20.7. The molecular weight excluding hydrogens is 517 g/mol. The third-order valence-electron chi connectivity index (χ3n) is 7.86. The Bertz CT molecular complexity index is 1670. The second-order valence-corrected chi connectivity index (χ2v) is 12.0. The maximum atomic E-state index is 14.2. The summed E-state index contributed by atoms with van der Waals surface area (Å²) in [5.41, 5.74) is 2.73. The number of aromatic nitrogens is 4. The molecule has 0 bridgehead atoms. The van der Waals surface area contributed by atoms with Crippen LogP contribution in [0.15, 0.2) is 89.9 Å². The summed E-state index contributed by atoms with van der Waals surface area (Å²) in [6.07, 6.45) is 9.96. The largest absolute Gasteiger partial charge is 0.291 e. The number of pyridine rings is 2. The van der Waals surface area contributed by atoms with Crippen molar-refractivity contribution in [1.29, 1.82) is 0 Å². The van der Waals surface area contributed by atoms with Gasteiger partial charge in [-0.3, -0.25) is 14.8 Å². The average molecular weight is 544 g/mol. The zero-order valence-electron chi connectivity index (χ0n) is 21.2. The van der Waals surface area contributed by atoms with E-state index in [9.17, 15) is 17.6 Å². The number of allylic oxidation sites excluding steroid dienone is 1. The zero-order valence-corrected chi connectivity index (χ0v) is 22.1. The lowest BCUT2D eigenvalue weighted by Gasteiger charge is -2.45. The molecule has 1 saturated carbocycles. The van der Waals surface area contributed by atoms with Crippen molar-refractivity contribution < 1.29 is 17.6 Å². The van der Waals surface area contributed by atoms with E-state index < -0.39 is 21.5 Å². The van der Waals surface area contributed by atoms with Gasteiger partial charge in [-0.05, 0) is 85.9 Å². The van der Waals surface area contributed by atoms with Crippen LogP contribution in [0.2, 0.25) is 0 Å². The maximum absolute atomic E-state index is 14.2. The van der Waals surface area contributed by atoms with Crippen LogP contribution in [-0.4, -0.2) is 51.3 Å². The highest BCUT2D eigenvalue weighted by molar-refractivity contribution is 7.89. The second-order valence-electron chi connectivity index (χ2n) is 10.0. The molecule has 0 spiro atoms. The number of carbonyl (C=O) groups excluding carboxylic acids is 1. The number of nitrogens with zero attached hydrogens (tertiary/aromatic N) is 5. The van der Waals surface area contributed by atoms with Crippen molar-refractivity contribution in [2.45, 2.75) is 36.6 Å². The SMILES string of the molecule is CN([C@H]1CCC2=Cc3c(cnn3-c3ccc(F)cc3)C[C@]2(C(=O)c2ccccn2)C1)S(=O)(=O)c1cccnc1. The number of hydrogen-bond donors (Lipinski definition) is 0. The van der Waals surface area contributed by atoms with Crippen LogP contribution in [0.5, 0.6) is 0 Å². The van der Waals surface area contributed by atoms with Gasteiger partial charge in [-0.2, -0.15) is 9.40 Å². The van der Waals surface area contributed by atoms with E-state index in [1.54, 1.807) is 60.5 Å². The second kappa shape index (κ2) is 9.62. The summed E-state index contributed by atoms with van der Waals surface area (Å²) < 4.78 is 43.6. The van der Waals surface area contributed by atoms with Crippen LogP contribution in [0.4, 0.5) is 4.39 Å². The zero-order chi connectivity index (χ0) is 27.2. The summed E-state index contributed by atoms with van der Waals surface area (Å²) in [4.78, 5) is 22.7. The van der Waals surface area contributed by atoms with Gasteiger partial charge in [0.05, 0.1) is 23.0 Å². The predicted molar refractivity (Wildman–Crippen MR) is 143 cm³/mol. The van der Waals surface area contributed by atoms with Crippen molar-refractivity contribution in [3.8, 4) is 5.69 Å². The Kier molecular flexibility index (Phi) is 6.23. The Balaban J connectivity index is 1.42. The lowest BCUT2D eigenvalue weighted by molar-refractivity contribution is 0.0747. The quantitative estimate of drug-likeness (QED) is 0.333. The van der Waals surface area contributed by atoms with Crippen molar-refractivity contribution in [3.63, 3.8) is 0 Å². The smallest absolute Gasteiger partial charge is 0.244 e. The Morgan fingerprint density at radius 2 is 1.90 bits per heavy atom. The van der Waals surface area contributed by atoms with E-state index in [1.807, 2.05) is 6.08 Å². The highest BCUT2D eigenvalue weighted by atomic mass is 32.2. The van der Waals surface area contributed by atoms with Crippen LogP contribution in [0.25, 0.3) is 11.8 Å². The van der Waals surface area contributed by atoms with Gasteiger partial charge in [0, 0.05) is 31.7 Å². The van der Waals surface area contributed by atoms with Crippen molar-refractivity contribution in [2.75, 3.05) is 7.05 Å². The first kappa shape index (κ1) is 25.3. The molecule has 0 unspecified atom stereocenters. The molecule has 0 saturated heterocycles. The molecule has 0 amide bonds. The third-order valence-corrected chi connectivity index (χ3v) is 9.76. The molecular formula is C29H26FN5O3S. The highest BCUT2D eigenvalue weighted by Crippen LogP contribution is 2.51. The van der Waals surface area contributed by atoms with Gasteiger partial charge >= 0.3 is 0 Å². The lowest BCUT2D eigenvalue weighted by Crippen LogP contribution is -2.49. The average Bonchev–Trinajstić information content (AvgIpc) is 3.38. The Morgan fingerprint density at radius 1 is 1.08 bits per heavy atom. The molecule has 2 aliphatic rings. The van der Waals surface area contributed by atoms with Crippen LogP contribution < -0.4 is 0 Å². The van der Waals surface area contributed by atoms with Gasteiger partial charge in [-0.15, -0.1) is 0 Å². The molecule has 198 valence electrons. The van der Waals surface area contributed by atoms with E-state index in [0.717, 1.165) is 16.8 Å². The summed E-state index contributed by atoms with van der Waals surface area (Å²) in [7, 11) is -2.24. The minimum atomic E-state index is -3.81. The number of Topliss-reactive ketones (excluding diaryl/α,β-unsaturated/α-hetero) is 1. The van der Waals surface area contributed by atoms with E-state index in [0.29, 0.717) is 37.1 Å². The Morgan fingerprint density at radius 3 is 2.62 bits per heavy atom. The summed E-state index contributed by atoms with van der Waals surface area (Å²) >= 11 is 0. The van der Waals surface area contributed by atoms with Crippen LogP contribution >= 0.6 is 0 Å². The van der Waals surface area contributed by atoms with Crippen molar-refractivity contribution in [1.82, 2.24) is 24.1 Å². The molecule has 1 aromatic carbocycles. The Labute approximate surface area is 225 Å². The molecule has 39 heavy (non-hydrogen) atoms. The maximum Gasteiger partial charge on any atom is 0.244 e. The molecule has 10 heteroatoms. The summed E-state index contributed by atoms with van der Waals surface area (Å²) in [5.74, 6) is -0.465. The number of fused-ring (bicyclic) bond motifs is 2.